The van der Waals surface area contributed by atoms with Crippen LogP contribution in [-0.4, -0.2) is 4.98 Å². The van der Waals surface area contributed by atoms with E-state index in [0.29, 0.717) is 0 Å². The van der Waals surface area contributed by atoms with Gasteiger partial charge in [0.2, 0.25) is 0 Å². The van der Waals surface area contributed by atoms with Gasteiger partial charge in [-0.25, -0.2) is 4.39 Å². The van der Waals surface area contributed by atoms with Crippen LogP contribution >= 0.6 is 12.2 Å². The predicted octanol–water partition coefficient (Wildman–Crippen LogP) is 1.75. The van der Waals surface area contributed by atoms with Gasteiger partial charge in [0.1, 0.15) is 10.7 Å². The molecule has 0 spiro atoms. The molecule has 0 aliphatic carbocycles. The van der Waals surface area contributed by atoms with Crippen molar-refractivity contribution in [3.63, 3.8) is 0 Å². The molecule has 0 radical (unpaired) electrons. The molecule has 0 saturated carbocycles. The van der Waals surface area contributed by atoms with E-state index in [2.05, 4.69) is 17.2 Å². The molecule has 2 nitrogen and oxygen atoms in total. The monoisotopic (exact) mass is 154 g/mol. The van der Waals surface area contributed by atoms with E-state index in [4.69, 9.17) is 5.26 Å². The summed E-state index contributed by atoms with van der Waals surface area (Å²) in [4.78, 5) is 2.44. The van der Waals surface area contributed by atoms with Crippen LogP contribution in [0.2, 0.25) is 0 Å². The van der Waals surface area contributed by atoms with E-state index in [1.165, 1.54) is 6.20 Å². The number of aromatic nitrogens is 1. The fourth-order valence-corrected chi connectivity index (χ4v) is 0.638. The second-order valence-electron chi connectivity index (χ2n) is 1.68. The zero-order valence-electron chi connectivity index (χ0n) is 4.89. The van der Waals surface area contributed by atoms with E-state index < -0.39 is 5.82 Å². The van der Waals surface area contributed by atoms with Gasteiger partial charge in [-0.15, -0.1) is 0 Å². The fourth-order valence-electron chi connectivity index (χ4n) is 0.521. The van der Waals surface area contributed by atoms with Crippen LogP contribution in [0.1, 0.15) is 5.56 Å². The Balaban J connectivity index is 3.34. The molecule has 0 amide bonds. The Hall–Kier alpha value is -1.21. The molecule has 1 heterocycles. The summed E-state index contributed by atoms with van der Waals surface area (Å²) in [5.41, 5.74) is 0.242. The van der Waals surface area contributed by atoms with Gasteiger partial charge in [-0.05, 0) is 6.07 Å². The predicted molar refractivity (Wildman–Crippen MR) is 36.3 cm³/mol. The zero-order valence-corrected chi connectivity index (χ0v) is 5.70. The van der Waals surface area contributed by atoms with Crippen molar-refractivity contribution in [1.82, 2.24) is 4.98 Å². The standard InChI is InChI=1S/C6H3FN2S/c7-5-1-4(2-8)3-9-6(5)10/h1,3H,(H,9,10). The summed E-state index contributed by atoms with van der Waals surface area (Å²) in [7, 11) is 0. The third kappa shape index (κ3) is 1.20. The summed E-state index contributed by atoms with van der Waals surface area (Å²) in [5, 5.41) is 8.28. The van der Waals surface area contributed by atoms with Gasteiger partial charge in [-0.1, -0.05) is 12.2 Å². The van der Waals surface area contributed by atoms with Crippen LogP contribution in [0.25, 0.3) is 0 Å². The van der Waals surface area contributed by atoms with Gasteiger partial charge in [0.05, 0.1) is 5.56 Å². The highest BCUT2D eigenvalue weighted by atomic mass is 32.1. The summed E-state index contributed by atoms with van der Waals surface area (Å²) < 4.78 is 12.5. The largest absolute Gasteiger partial charge is 0.349 e. The lowest BCUT2D eigenvalue weighted by atomic mass is 10.3. The van der Waals surface area contributed by atoms with E-state index in [-0.39, 0.29) is 10.2 Å². The number of nitrogens with zero attached hydrogens (tertiary/aromatic N) is 1. The quantitative estimate of drug-likeness (QED) is 0.578. The maximum absolute atomic E-state index is 12.5. The van der Waals surface area contributed by atoms with Crippen LogP contribution < -0.4 is 0 Å². The van der Waals surface area contributed by atoms with E-state index in [1.54, 1.807) is 6.07 Å². The summed E-state index contributed by atoms with van der Waals surface area (Å²) in [6.07, 6.45) is 1.37. The Morgan fingerprint density at radius 2 is 2.40 bits per heavy atom. The fraction of sp³-hybridized carbons (Fsp3) is 0. The van der Waals surface area contributed by atoms with Gasteiger partial charge in [-0.2, -0.15) is 5.26 Å². The van der Waals surface area contributed by atoms with Gasteiger partial charge in [0.25, 0.3) is 0 Å². The van der Waals surface area contributed by atoms with Crippen LogP contribution in [0.15, 0.2) is 12.3 Å². The average molecular weight is 154 g/mol. The molecule has 1 N–H and O–H groups in total. The van der Waals surface area contributed by atoms with Crippen molar-refractivity contribution in [3.8, 4) is 6.07 Å². The first kappa shape index (κ1) is 6.90. The minimum absolute atomic E-state index is 0.0269. The molecule has 0 aliphatic rings. The molecule has 1 aromatic rings. The number of H-pyrrole nitrogens is 1. The van der Waals surface area contributed by atoms with E-state index in [0.717, 1.165) is 6.07 Å². The maximum Gasteiger partial charge on any atom is 0.159 e. The lowest BCUT2D eigenvalue weighted by Crippen LogP contribution is -1.83. The van der Waals surface area contributed by atoms with Crippen molar-refractivity contribution >= 4 is 12.2 Å². The summed E-state index contributed by atoms with van der Waals surface area (Å²) in [5.74, 6) is -0.561. The van der Waals surface area contributed by atoms with Crippen LogP contribution in [0.5, 0.6) is 0 Å². The second-order valence-corrected chi connectivity index (χ2v) is 2.09. The third-order valence-corrected chi connectivity index (χ3v) is 1.30. The van der Waals surface area contributed by atoms with E-state index >= 15 is 0 Å². The molecule has 50 valence electrons. The topological polar surface area (TPSA) is 39.6 Å². The molecule has 10 heavy (non-hydrogen) atoms. The third-order valence-electron chi connectivity index (χ3n) is 0.987. The number of nitriles is 1. The maximum atomic E-state index is 12.5. The Morgan fingerprint density at radius 1 is 1.70 bits per heavy atom. The molecule has 1 rings (SSSR count). The Kier molecular flexibility index (Phi) is 1.78. The van der Waals surface area contributed by atoms with Crippen molar-refractivity contribution in [1.29, 1.82) is 5.26 Å². The highest BCUT2D eigenvalue weighted by molar-refractivity contribution is 7.71. The molecule has 0 bridgehead atoms. The minimum atomic E-state index is -0.561. The molecule has 0 atom stereocenters. The second kappa shape index (κ2) is 2.58. The van der Waals surface area contributed by atoms with E-state index in [9.17, 15) is 4.39 Å². The first-order chi connectivity index (χ1) is 4.74. The highest BCUT2D eigenvalue weighted by Crippen LogP contribution is 2.00. The van der Waals surface area contributed by atoms with Crippen molar-refractivity contribution in [2.45, 2.75) is 0 Å². The summed E-state index contributed by atoms with van der Waals surface area (Å²) in [6.45, 7) is 0. The Bertz CT molecular complexity index is 336. The summed E-state index contributed by atoms with van der Waals surface area (Å²) >= 11 is 4.52. The lowest BCUT2D eigenvalue weighted by Gasteiger charge is -1.88. The van der Waals surface area contributed by atoms with Gasteiger partial charge < -0.3 is 4.98 Å². The number of hydrogen-bond acceptors (Lipinski definition) is 2. The van der Waals surface area contributed by atoms with E-state index in [1.807, 2.05) is 0 Å². The molecule has 1 aromatic heterocycles. The number of nitrogens with one attached hydrogen (secondary N) is 1. The molecular formula is C6H3FN2S. The molecule has 0 unspecified atom stereocenters. The van der Waals surface area contributed by atoms with Gasteiger partial charge in [0, 0.05) is 6.20 Å². The van der Waals surface area contributed by atoms with Gasteiger partial charge in [-0.3, -0.25) is 0 Å². The first-order valence-electron chi connectivity index (χ1n) is 2.52. The Morgan fingerprint density at radius 3 is 2.90 bits per heavy atom. The smallest absolute Gasteiger partial charge is 0.159 e. The van der Waals surface area contributed by atoms with Crippen molar-refractivity contribution < 1.29 is 4.39 Å². The van der Waals surface area contributed by atoms with Crippen molar-refractivity contribution in [3.05, 3.63) is 28.3 Å². The normalized spacial score (nSPS) is 8.80. The Labute approximate surface area is 61.9 Å². The molecular weight excluding hydrogens is 151 g/mol. The van der Waals surface area contributed by atoms with Crippen LogP contribution in [-0.2, 0) is 0 Å². The van der Waals surface area contributed by atoms with Crippen LogP contribution in [0.3, 0.4) is 0 Å². The average Bonchev–Trinajstić information content (AvgIpc) is 1.95. The molecule has 0 aromatic carbocycles. The highest BCUT2D eigenvalue weighted by Gasteiger charge is 1.94. The van der Waals surface area contributed by atoms with Crippen molar-refractivity contribution in [2.24, 2.45) is 0 Å². The molecule has 4 heteroatoms. The van der Waals surface area contributed by atoms with Crippen molar-refractivity contribution in [2.75, 3.05) is 0 Å². The number of halogens is 1. The SMILES string of the molecule is N#Cc1c[nH]c(=S)c(F)c1. The van der Waals surface area contributed by atoms with Gasteiger partial charge in [0.15, 0.2) is 5.82 Å². The first-order valence-corrected chi connectivity index (χ1v) is 2.93. The lowest BCUT2D eigenvalue weighted by molar-refractivity contribution is 0.616. The number of pyridine rings is 1. The van der Waals surface area contributed by atoms with Gasteiger partial charge >= 0.3 is 0 Å². The number of rotatable bonds is 0. The summed E-state index contributed by atoms with van der Waals surface area (Å²) in [6, 6.07) is 2.87. The zero-order chi connectivity index (χ0) is 7.56. The molecule has 0 fully saturated rings. The van der Waals surface area contributed by atoms with Crippen LogP contribution in [0, 0.1) is 21.8 Å². The number of hydrogen-bond donors (Lipinski definition) is 1. The van der Waals surface area contributed by atoms with Crippen LogP contribution in [0.4, 0.5) is 4.39 Å². The molecule has 0 saturated heterocycles. The number of aromatic amines is 1. The molecule has 0 aliphatic heterocycles. The minimum Gasteiger partial charge on any atom is -0.349 e.